The maximum atomic E-state index is 13.4. The number of aliphatic hydroxyl groups is 1. The van der Waals surface area contributed by atoms with Gasteiger partial charge in [0.15, 0.2) is 0 Å². The van der Waals surface area contributed by atoms with Crippen molar-refractivity contribution in [3.8, 4) is 16.9 Å². The van der Waals surface area contributed by atoms with Crippen molar-refractivity contribution >= 4 is 20.0 Å². The lowest BCUT2D eigenvalue weighted by Crippen LogP contribution is -2.42. The van der Waals surface area contributed by atoms with E-state index in [2.05, 4.69) is 9.46 Å². The number of ether oxygens (including phenoxy) is 1. The van der Waals surface area contributed by atoms with Gasteiger partial charge < -0.3 is 9.84 Å². The van der Waals surface area contributed by atoms with Crippen LogP contribution in [0, 0.1) is 0 Å². The Morgan fingerprint density at radius 2 is 1.58 bits per heavy atom. The number of β-amino-alcohol motifs (C(OH)–C–C–N with tert-alkyl or cyclic N) is 1. The lowest BCUT2D eigenvalue weighted by Gasteiger charge is -2.24. The molecule has 3 aromatic rings. The van der Waals surface area contributed by atoms with Gasteiger partial charge in [-0.1, -0.05) is 42.5 Å². The smallest absolute Gasteiger partial charge is 0.406 e. The van der Waals surface area contributed by atoms with Gasteiger partial charge in [0.1, 0.15) is 5.75 Å². The zero-order chi connectivity index (χ0) is 26.1. The van der Waals surface area contributed by atoms with Gasteiger partial charge in [-0.05, 0) is 41.5 Å². The fourth-order valence-electron chi connectivity index (χ4n) is 3.82. The zero-order valence-corrected chi connectivity index (χ0v) is 20.1. The van der Waals surface area contributed by atoms with Gasteiger partial charge in [0.25, 0.3) is 0 Å². The number of fused-ring (bicyclic) bond motifs is 3. The minimum Gasteiger partial charge on any atom is -0.406 e. The highest BCUT2D eigenvalue weighted by atomic mass is 32.2. The summed E-state index contributed by atoms with van der Waals surface area (Å²) in [6.45, 7) is -0.956. The van der Waals surface area contributed by atoms with Crippen LogP contribution < -0.4 is 9.46 Å². The summed E-state index contributed by atoms with van der Waals surface area (Å²) in [5.41, 5.74) is 2.00. The van der Waals surface area contributed by atoms with Gasteiger partial charge >= 0.3 is 6.36 Å². The van der Waals surface area contributed by atoms with E-state index >= 15 is 0 Å². The van der Waals surface area contributed by atoms with Crippen LogP contribution in [-0.2, 0) is 26.6 Å². The molecule has 0 saturated carbocycles. The molecule has 0 amide bonds. The molecule has 2 N–H and O–H groups in total. The van der Waals surface area contributed by atoms with E-state index in [0.29, 0.717) is 5.56 Å². The van der Waals surface area contributed by atoms with Crippen LogP contribution in [0.4, 0.5) is 13.2 Å². The van der Waals surface area contributed by atoms with E-state index in [9.17, 15) is 35.1 Å². The van der Waals surface area contributed by atoms with Crippen LogP contribution in [0.3, 0.4) is 0 Å². The lowest BCUT2D eigenvalue weighted by atomic mass is 9.99. The monoisotopic (exact) mass is 542 g/mol. The van der Waals surface area contributed by atoms with Crippen molar-refractivity contribution < 1.29 is 39.9 Å². The minimum atomic E-state index is -4.92. The first-order valence-corrected chi connectivity index (χ1v) is 13.5. The van der Waals surface area contributed by atoms with E-state index in [0.717, 1.165) is 39.7 Å². The third kappa shape index (κ3) is 5.71. The van der Waals surface area contributed by atoms with Crippen molar-refractivity contribution in [3.05, 3.63) is 78.4 Å². The van der Waals surface area contributed by atoms with Crippen molar-refractivity contribution in [1.29, 1.82) is 0 Å². The second-order valence-electron chi connectivity index (χ2n) is 7.98. The summed E-state index contributed by atoms with van der Waals surface area (Å²) in [6, 6.07) is 17.2. The number of rotatable bonds is 7. The number of nitrogens with one attached hydrogen (secondary N) is 1. The first-order chi connectivity index (χ1) is 16.9. The lowest BCUT2D eigenvalue weighted by molar-refractivity contribution is -0.274. The third-order valence-electron chi connectivity index (χ3n) is 5.45. The quantitative estimate of drug-likeness (QED) is 0.475. The first-order valence-electron chi connectivity index (χ1n) is 10.6. The Morgan fingerprint density at radius 3 is 2.25 bits per heavy atom. The summed E-state index contributed by atoms with van der Waals surface area (Å²) >= 11 is 0. The van der Waals surface area contributed by atoms with E-state index < -0.39 is 51.4 Å². The van der Waals surface area contributed by atoms with Crippen molar-refractivity contribution in [1.82, 2.24) is 9.03 Å². The van der Waals surface area contributed by atoms with Crippen LogP contribution in [0.2, 0.25) is 0 Å². The van der Waals surface area contributed by atoms with Crippen LogP contribution in [0.15, 0.2) is 82.6 Å². The van der Waals surface area contributed by atoms with Gasteiger partial charge in [-0.25, -0.2) is 21.6 Å². The Hall–Kier alpha value is -2.97. The fraction of sp³-hybridized carbons (Fsp3) is 0.217. The third-order valence-corrected chi connectivity index (χ3v) is 8.76. The average molecular weight is 543 g/mol. The number of halogens is 3. The van der Waals surface area contributed by atoms with E-state index in [-0.39, 0.29) is 16.3 Å². The number of aliphatic hydroxyl groups excluding tert-OH is 1. The molecule has 0 aromatic heterocycles. The molecule has 1 unspecified atom stereocenters. The molecule has 4 rings (SSSR count). The van der Waals surface area contributed by atoms with Crippen LogP contribution in [0.25, 0.3) is 11.1 Å². The number of hydrogen-bond donors (Lipinski definition) is 2. The summed E-state index contributed by atoms with van der Waals surface area (Å²) in [5.74, 6) is -0.589. The number of alkyl halides is 3. The van der Waals surface area contributed by atoms with E-state index in [1.165, 1.54) is 6.07 Å². The highest BCUT2D eigenvalue weighted by Crippen LogP contribution is 2.36. The molecule has 3 aromatic carbocycles. The number of hydrogen-bond acceptors (Lipinski definition) is 6. The van der Waals surface area contributed by atoms with Crippen LogP contribution in [0.5, 0.6) is 5.75 Å². The van der Waals surface area contributed by atoms with Gasteiger partial charge in [-0.15, -0.1) is 13.2 Å². The summed E-state index contributed by atoms with van der Waals surface area (Å²) in [5, 5.41) is 10.5. The highest BCUT2D eigenvalue weighted by molar-refractivity contribution is 7.89. The summed E-state index contributed by atoms with van der Waals surface area (Å²) < 4.78 is 95.6. The molecule has 192 valence electrons. The Labute approximate surface area is 206 Å². The predicted octanol–water partition coefficient (Wildman–Crippen LogP) is 3.10. The maximum Gasteiger partial charge on any atom is 0.573 e. The van der Waals surface area contributed by atoms with Crippen molar-refractivity contribution in [2.24, 2.45) is 0 Å². The molecule has 1 atom stereocenters. The van der Waals surface area contributed by atoms with Crippen LogP contribution in [-0.4, -0.2) is 51.8 Å². The number of benzene rings is 3. The highest BCUT2D eigenvalue weighted by Gasteiger charge is 2.33. The van der Waals surface area contributed by atoms with Gasteiger partial charge in [0.2, 0.25) is 20.0 Å². The normalized spacial score (nSPS) is 16.4. The topological polar surface area (TPSA) is 113 Å². The van der Waals surface area contributed by atoms with Gasteiger partial charge in [0.05, 0.1) is 15.9 Å². The molecule has 0 fully saturated rings. The first kappa shape index (κ1) is 26.1. The Bertz CT molecular complexity index is 1460. The van der Waals surface area contributed by atoms with E-state index in [1.807, 2.05) is 6.07 Å². The van der Waals surface area contributed by atoms with E-state index in [1.54, 1.807) is 36.4 Å². The molecule has 1 aliphatic rings. The Morgan fingerprint density at radius 1 is 0.972 bits per heavy atom. The number of sulfonamides is 2. The minimum absolute atomic E-state index is 0.0301. The van der Waals surface area contributed by atoms with Crippen LogP contribution in [0.1, 0.15) is 5.56 Å². The van der Waals surface area contributed by atoms with Gasteiger partial charge in [0, 0.05) is 25.2 Å². The van der Waals surface area contributed by atoms with Crippen molar-refractivity contribution in [2.45, 2.75) is 28.8 Å². The van der Waals surface area contributed by atoms with Crippen molar-refractivity contribution in [2.75, 3.05) is 13.1 Å². The Kier molecular flexibility index (Phi) is 7.12. The molecule has 0 saturated heterocycles. The molecule has 0 bridgehead atoms. The van der Waals surface area contributed by atoms with Crippen LogP contribution >= 0.6 is 0 Å². The fourth-order valence-corrected chi connectivity index (χ4v) is 6.56. The Balaban J connectivity index is 1.48. The van der Waals surface area contributed by atoms with Gasteiger partial charge in [-0.2, -0.15) is 4.31 Å². The van der Waals surface area contributed by atoms with Crippen molar-refractivity contribution in [3.63, 3.8) is 0 Å². The second-order valence-corrected chi connectivity index (χ2v) is 11.6. The molecular formula is C23H21F3N2O6S2. The molecule has 8 nitrogen and oxygen atoms in total. The molecule has 0 aliphatic carbocycles. The summed E-state index contributed by atoms with van der Waals surface area (Å²) in [4.78, 5) is -0.279. The molecule has 1 heterocycles. The molecule has 13 heteroatoms. The maximum absolute atomic E-state index is 13.4. The summed E-state index contributed by atoms with van der Waals surface area (Å²) in [7, 11) is -8.22. The zero-order valence-electron chi connectivity index (χ0n) is 18.5. The van der Waals surface area contributed by atoms with E-state index in [4.69, 9.17) is 0 Å². The average Bonchev–Trinajstić information content (AvgIpc) is 2.90. The molecule has 0 radical (unpaired) electrons. The molecular weight excluding hydrogens is 521 g/mol. The molecule has 0 spiro atoms. The summed E-state index contributed by atoms with van der Waals surface area (Å²) in [6.07, 6.45) is -6.34. The second kappa shape index (κ2) is 9.82. The molecule has 1 aliphatic heterocycles. The number of nitrogens with zero attached hydrogens (tertiary/aromatic N) is 1. The molecule has 36 heavy (non-hydrogen) atoms. The SMILES string of the molecule is O=S(=O)(NCC(O)CN1Cc2ccccc2-c2ccccc2S1(=O)=O)c1ccc(OC(F)(F)F)cc1. The van der Waals surface area contributed by atoms with Gasteiger partial charge in [-0.3, -0.25) is 0 Å². The standard InChI is InChI=1S/C23H21F3N2O6S2/c24-23(25,26)34-18-9-11-19(12-10-18)35(30,31)27-13-17(29)15-28-14-16-5-1-2-6-20(16)21-7-3-4-8-22(21)36(28,32)33/h1-12,17,27,29H,13-15H2. The predicted molar refractivity (Wildman–Crippen MR) is 124 cm³/mol. The largest absolute Gasteiger partial charge is 0.573 e.